The lowest BCUT2D eigenvalue weighted by Gasteiger charge is -2.19. The van der Waals surface area contributed by atoms with Gasteiger partial charge >= 0.3 is 0 Å². The molecule has 28 heavy (non-hydrogen) atoms. The number of ether oxygens (including phenoxy) is 1. The molecule has 0 aliphatic heterocycles. The zero-order chi connectivity index (χ0) is 20.4. The van der Waals surface area contributed by atoms with Gasteiger partial charge in [-0.3, -0.25) is 10.2 Å². The Labute approximate surface area is 166 Å². The smallest absolute Gasteiger partial charge is 0.272 e. The number of hydrazine groups is 1. The van der Waals surface area contributed by atoms with Crippen molar-refractivity contribution in [3.05, 3.63) is 59.2 Å². The lowest BCUT2D eigenvalue weighted by Crippen LogP contribution is -2.43. The number of nitrogens with one attached hydrogen (secondary N) is 2. The molecule has 0 unspecified atom stereocenters. The van der Waals surface area contributed by atoms with E-state index in [1.54, 1.807) is 24.3 Å². The maximum absolute atomic E-state index is 12.4. The van der Waals surface area contributed by atoms with Crippen LogP contribution >= 0.6 is 0 Å². The Bertz CT molecular complexity index is 961. The van der Waals surface area contributed by atoms with Crippen LogP contribution in [0.25, 0.3) is 0 Å². The molecule has 0 heterocycles. The van der Waals surface area contributed by atoms with Gasteiger partial charge in [0.2, 0.25) is 0 Å². The summed E-state index contributed by atoms with van der Waals surface area (Å²) >= 11 is 0. The number of benzene rings is 2. The maximum atomic E-state index is 12.4. The molecule has 0 fully saturated rings. The van der Waals surface area contributed by atoms with Gasteiger partial charge in [-0.1, -0.05) is 39.0 Å². The summed E-state index contributed by atoms with van der Waals surface area (Å²) in [4.78, 5) is 14.2. The fourth-order valence-electron chi connectivity index (χ4n) is 3.13. The second-order valence-corrected chi connectivity index (χ2v) is 9.68. The third-order valence-electron chi connectivity index (χ3n) is 4.80. The topological polar surface area (TPSA) is 84.5 Å². The van der Waals surface area contributed by atoms with Gasteiger partial charge in [0, 0.05) is 0 Å². The highest BCUT2D eigenvalue weighted by atomic mass is 32.2. The molecule has 0 saturated heterocycles. The molecule has 3 rings (SSSR count). The number of amides is 1. The van der Waals surface area contributed by atoms with Crippen LogP contribution in [0.15, 0.2) is 47.4 Å². The lowest BCUT2D eigenvalue weighted by atomic mass is 9.87. The third kappa shape index (κ3) is 4.91. The first-order valence-electron chi connectivity index (χ1n) is 9.31. The summed E-state index contributed by atoms with van der Waals surface area (Å²) in [6, 6.07) is 12.6. The van der Waals surface area contributed by atoms with Crippen molar-refractivity contribution < 1.29 is 17.9 Å². The number of aryl methyl sites for hydroxylation is 2. The van der Waals surface area contributed by atoms with Crippen molar-refractivity contribution in [1.29, 1.82) is 0 Å². The molecule has 0 radical (unpaired) electrons. The first-order chi connectivity index (χ1) is 13.1. The molecule has 7 heteroatoms. The van der Waals surface area contributed by atoms with Crippen LogP contribution in [0.2, 0.25) is 0 Å². The Morgan fingerprint density at radius 2 is 1.71 bits per heavy atom. The van der Waals surface area contributed by atoms with Crippen LogP contribution in [-0.4, -0.2) is 20.9 Å². The third-order valence-corrected chi connectivity index (χ3v) is 6.04. The van der Waals surface area contributed by atoms with Crippen molar-refractivity contribution in [2.75, 3.05) is 6.61 Å². The summed E-state index contributed by atoms with van der Waals surface area (Å²) in [6.07, 6.45) is 2.90. The van der Waals surface area contributed by atoms with Crippen molar-refractivity contribution in [3.8, 4) is 5.75 Å². The molecule has 2 aromatic carbocycles. The second kappa shape index (κ2) is 7.93. The molecule has 0 saturated carbocycles. The average molecular weight is 403 g/mol. The van der Waals surface area contributed by atoms with Gasteiger partial charge in [-0.15, -0.1) is 4.83 Å². The van der Waals surface area contributed by atoms with E-state index in [4.69, 9.17) is 4.74 Å². The highest BCUT2D eigenvalue weighted by Crippen LogP contribution is 2.25. The van der Waals surface area contributed by atoms with Gasteiger partial charge in [0.15, 0.2) is 6.61 Å². The molecule has 1 aliphatic rings. The molecule has 1 aliphatic carbocycles. The standard InChI is InChI=1S/C21H26N2O4S/c1-21(2,3)17-8-10-18(11-9-17)27-14-20(24)22-23-28(25,26)19-12-7-15-5-4-6-16(15)13-19/h7-13,23H,4-6,14H2,1-3H3,(H,22,24). The summed E-state index contributed by atoms with van der Waals surface area (Å²) in [5.41, 5.74) is 5.63. The predicted molar refractivity (Wildman–Crippen MR) is 108 cm³/mol. The van der Waals surface area contributed by atoms with Crippen LogP contribution < -0.4 is 15.0 Å². The number of sulfonamides is 1. The van der Waals surface area contributed by atoms with Crippen LogP contribution in [0, 0.1) is 0 Å². The first-order valence-corrected chi connectivity index (χ1v) is 10.8. The fourth-order valence-corrected chi connectivity index (χ4v) is 4.05. The van der Waals surface area contributed by atoms with Crippen LogP contribution in [0.3, 0.4) is 0 Å². The zero-order valence-corrected chi connectivity index (χ0v) is 17.2. The summed E-state index contributed by atoms with van der Waals surface area (Å²) in [5.74, 6) is -0.0331. The van der Waals surface area contributed by atoms with Crippen LogP contribution in [0.1, 0.15) is 43.9 Å². The number of rotatable bonds is 6. The van der Waals surface area contributed by atoms with Crippen molar-refractivity contribution in [2.45, 2.75) is 50.3 Å². The average Bonchev–Trinajstić information content (AvgIpc) is 3.12. The largest absolute Gasteiger partial charge is 0.484 e. The first kappa shape index (κ1) is 20.4. The van der Waals surface area contributed by atoms with E-state index in [1.807, 2.05) is 18.2 Å². The predicted octanol–water partition coefficient (Wildman–Crippen LogP) is 2.86. The lowest BCUT2D eigenvalue weighted by molar-refractivity contribution is -0.123. The molecule has 0 atom stereocenters. The zero-order valence-electron chi connectivity index (χ0n) is 16.4. The number of hydrogen-bond donors (Lipinski definition) is 2. The van der Waals surface area contributed by atoms with Gasteiger partial charge in [0.1, 0.15) is 5.75 Å². The van der Waals surface area contributed by atoms with Gasteiger partial charge in [0.05, 0.1) is 4.90 Å². The minimum Gasteiger partial charge on any atom is -0.484 e. The van der Waals surface area contributed by atoms with Crippen molar-refractivity contribution in [2.24, 2.45) is 0 Å². The van der Waals surface area contributed by atoms with E-state index in [2.05, 4.69) is 31.0 Å². The summed E-state index contributed by atoms with van der Waals surface area (Å²) in [5, 5.41) is 0. The van der Waals surface area contributed by atoms with E-state index in [0.29, 0.717) is 5.75 Å². The highest BCUT2D eigenvalue weighted by molar-refractivity contribution is 7.89. The molecule has 0 aromatic heterocycles. The summed E-state index contributed by atoms with van der Waals surface area (Å²) in [7, 11) is -3.82. The van der Waals surface area contributed by atoms with E-state index in [9.17, 15) is 13.2 Å². The van der Waals surface area contributed by atoms with Gasteiger partial charge < -0.3 is 4.74 Å². The highest BCUT2D eigenvalue weighted by Gasteiger charge is 2.19. The van der Waals surface area contributed by atoms with Crippen molar-refractivity contribution >= 4 is 15.9 Å². The Kier molecular flexibility index (Phi) is 5.76. The monoisotopic (exact) mass is 402 g/mol. The number of carbonyl (C=O) groups is 1. The van der Waals surface area contributed by atoms with Crippen LogP contribution in [0.5, 0.6) is 5.75 Å². The Morgan fingerprint density at radius 3 is 2.39 bits per heavy atom. The fraction of sp³-hybridized carbons (Fsp3) is 0.381. The molecule has 2 aromatic rings. The number of hydrogen-bond acceptors (Lipinski definition) is 4. The molecular formula is C21H26N2O4S. The molecule has 6 nitrogen and oxygen atoms in total. The quantitative estimate of drug-likeness (QED) is 0.728. The van der Waals surface area contributed by atoms with Gasteiger partial charge in [-0.2, -0.15) is 0 Å². The van der Waals surface area contributed by atoms with Gasteiger partial charge in [-0.25, -0.2) is 8.42 Å². The van der Waals surface area contributed by atoms with E-state index in [0.717, 1.165) is 30.4 Å². The SMILES string of the molecule is CC(C)(C)c1ccc(OCC(=O)NNS(=O)(=O)c2ccc3c(c2)CCC3)cc1. The van der Waals surface area contributed by atoms with E-state index < -0.39 is 15.9 Å². The Balaban J connectivity index is 1.52. The van der Waals surface area contributed by atoms with Crippen LogP contribution in [0.4, 0.5) is 0 Å². The molecule has 1 amide bonds. The van der Waals surface area contributed by atoms with E-state index >= 15 is 0 Å². The minimum absolute atomic E-state index is 0.0335. The summed E-state index contributed by atoms with van der Waals surface area (Å²) in [6.45, 7) is 6.05. The van der Waals surface area contributed by atoms with E-state index in [-0.39, 0.29) is 16.9 Å². The number of carbonyl (C=O) groups excluding carboxylic acids is 1. The summed E-state index contributed by atoms with van der Waals surface area (Å²) < 4.78 is 30.2. The van der Waals surface area contributed by atoms with Gasteiger partial charge in [-0.05, 0) is 65.6 Å². The molecule has 0 spiro atoms. The minimum atomic E-state index is -3.82. The maximum Gasteiger partial charge on any atom is 0.272 e. The molecule has 2 N–H and O–H groups in total. The molecular weight excluding hydrogens is 376 g/mol. The Hall–Kier alpha value is -2.38. The van der Waals surface area contributed by atoms with Crippen LogP contribution in [-0.2, 0) is 33.1 Å². The van der Waals surface area contributed by atoms with Crippen molar-refractivity contribution in [1.82, 2.24) is 10.3 Å². The van der Waals surface area contributed by atoms with E-state index in [1.165, 1.54) is 5.56 Å². The molecule has 150 valence electrons. The molecule has 0 bridgehead atoms. The second-order valence-electron chi connectivity index (χ2n) is 8.00. The Morgan fingerprint density at radius 1 is 1.04 bits per heavy atom. The number of fused-ring (bicyclic) bond motifs is 1. The normalized spacial score (nSPS) is 13.8. The van der Waals surface area contributed by atoms with Crippen molar-refractivity contribution in [3.63, 3.8) is 0 Å². The van der Waals surface area contributed by atoms with Gasteiger partial charge in [0.25, 0.3) is 15.9 Å².